The number of H-pyrrole nitrogens is 1. The van der Waals surface area contributed by atoms with Crippen LogP contribution >= 0.6 is 0 Å². The number of fused-ring (bicyclic) bond motifs is 1. The van der Waals surface area contributed by atoms with Crippen LogP contribution in [0.25, 0.3) is 11.3 Å². The van der Waals surface area contributed by atoms with E-state index in [4.69, 9.17) is 14.1 Å². The number of benzene rings is 1. The van der Waals surface area contributed by atoms with Gasteiger partial charge in [0.1, 0.15) is 0 Å². The molecule has 0 aliphatic carbocycles. The number of carbonyl (C=O) groups is 1. The highest BCUT2D eigenvalue weighted by atomic mass is 16.5. The van der Waals surface area contributed by atoms with Crippen molar-refractivity contribution in [2.75, 3.05) is 25.1 Å². The highest BCUT2D eigenvalue weighted by Crippen LogP contribution is 2.33. The summed E-state index contributed by atoms with van der Waals surface area (Å²) in [5.41, 5.74) is 5.44. The van der Waals surface area contributed by atoms with Crippen molar-refractivity contribution in [3.05, 3.63) is 65.3 Å². The molecule has 1 saturated heterocycles. The second kappa shape index (κ2) is 11.6. The van der Waals surface area contributed by atoms with Crippen LogP contribution in [0.3, 0.4) is 0 Å². The number of nitrogens with zero attached hydrogens (tertiary/aromatic N) is 6. The highest BCUT2D eigenvalue weighted by molar-refractivity contribution is 5.89. The first-order valence-corrected chi connectivity index (χ1v) is 14.5. The van der Waals surface area contributed by atoms with E-state index in [-0.39, 0.29) is 23.3 Å². The molecule has 0 saturated carbocycles. The summed E-state index contributed by atoms with van der Waals surface area (Å²) in [6.45, 7) is 11.0. The van der Waals surface area contributed by atoms with Crippen LogP contribution in [0.5, 0.6) is 0 Å². The molecule has 3 N–H and O–H groups in total. The van der Waals surface area contributed by atoms with E-state index < -0.39 is 0 Å². The van der Waals surface area contributed by atoms with E-state index in [9.17, 15) is 4.79 Å². The molecule has 12 heteroatoms. The Balaban J connectivity index is 1.28. The van der Waals surface area contributed by atoms with Gasteiger partial charge in [0.25, 0.3) is 0 Å². The van der Waals surface area contributed by atoms with Gasteiger partial charge >= 0.3 is 11.8 Å². The lowest BCUT2D eigenvalue weighted by Gasteiger charge is -2.26. The lowest BCUT2D eigenvalue weighted by molar-refractivity contribution is 0.0891. The molecule has 12 nitrogen and oxygen atoms in total. The Labute approximate surface area is 244 Å². The first kappa shape index (κ1) is 28.0. The van der Waals surface area contributed by atoms with Gasteiger partial charge in [-0.3, -0.25) is 14.8 Å². The lowest BCUT2D eigenvalue weighted by Crippen LogP contribution is -2.36. The van der Waals surface area contributed by atoms with Crippen LogP contribution in [0, 0.1) is 0 Å². The fourth-order valence-electron chi connectivity index (χ4n) is 5.50. The Morgan fingerprint density at radius 2 is 2.07 bits per heavy atom. The molecule has 0 radical (unpaired) electrons. The van der Waals surface area contributed by atoms with Gasteiger partial charge in [-0.1, -0.05) is 39.8 Å². The number of aromatic amines is 1. The molecule has 2 atom stereocenters. The average Bonchev–Trinajstić information content (AvgIpc) is 3.75. The summed E-state index contributed by atoms with van der Waals surface area (Å²) >= 11 is 0. The molecule has 0 spiro atoms. The molecule has 2 aliphatic heterocycles. The topological polar surface area (TPSA) is 147 Å². The quantitative estimate of drug-likeness (QED) is 0.293. The molecule has 0 unspecified atom stereocenters. The van der Waals surface area contributed by atoms with Crippen LogP contribution < -0.4 is 10.6 Å². The van der Waals surface area contributed by atoms with Gasteiger partial charge in [-0.15, -0.1) is 10.2 Å². The van der Waals surface area contributed by atoms with E-state index in [1.54, 1.807) is 6.20 Å². The van der Waals surface area contributed by atoms with Crippen molar-refractivity contribution in [2.45, 2.75) is 71.0 Å². The summed E-state index contributed by atoms with van der Waals surface area (Å²) in [6.07, 6.45) is 6.11. The van der Waals surface area contributed by atoms with Crippen molar-refractivity contribution in [1.82, 2.24) is 40.6 Å². The molecule has 4 aromatic rings. The third kappa shape index (κ3) is 5.90. The highest BCUT2D eigenvalue weighted by Gasteiger charge is 2.31. The molecule has 5 heterocycles. The number of rotatable bonds is 7. The van der Waals surface area contributed by atoms with Gasteiger partial charge in [-0.2, -0.15) is 5.10 Å². The van der Waals surface area contributed by atoms with E-state index in [1.807, 2.05) is 33.0 Å². The molecular weight excluding hydrogens is 534 g/mol. The zero-order valence-electron chi connectivity index (χ0n) is 24.5. The summed E-state index contributed by atoms with van der Waals surface area (Å²) in [5, 5.41) is 21.7. The molecular formula is C30H37N9O3. The van der Waals surface area contributed by atoms with E-state index in [2.05, 4.69) is 66.0 Å². The van der Waals surface area contributed by atoms with Crippen molar-refractivity contribution in [3.8, 4) is 11.3 Å². The van der Waals surface area contributed by atoms with E-state index >= 15 is 0 Å². The molecule has 220 valence electrons. The Bertz CT molecular complexity index is 1550. The van der Waals surface area contributed by atoms with Gasteiger partial charge in [0, 0.05) is 49.1 Å². The Kier molecular flexibility index (Phi) is 7.74. The maximum Gasteiger partial charge on any atom is 0.309 e. The maximum atomic E-state index is 13.2. The minimum absolute atomic E-state index is 0.0201. The van der Waals surface area contributed by atoms with E-state index in [1.165, 1.54) is 0 Å². The fourth-order valence-corrected chi connectivity index (χ4v) is 5.50. The number of hydrogen-bond acceptors (Lipinski definition) is 10. The van der Waals surface area contributed by atoms with Gasteiger partial charge in [-0.25, -0.2) is 9.97 Å². The van der Waals surface area contributed by atoms with Gasteiger partial charge < -0.3 is 19.8 Å². The fraction of sp³-hybridized carbons (Fsp3) is 0.467. The Morgan fingerprint density at radius 3 is 2.83 bits per heavy atom. The van der Waals surface area contributed by atoms with Crippen LogP contribution in [-0.4, -0.2) is 67.0 Å². The average molecular weight is 572 g/mol. The third-order valence-electron chi connectivity index (χ3n) is 7.84. The number of ether oxygens (including phenoxy) is 1. The molecule has 3 aromatic heterocycles. The number of aryl methyl sites for hydroxylation is 1. The minimum Gasteiger partial charge on any atom is -0.416 e. The summed E-state index contributed by atoms with van der Waals surface area (Å²) < 4.78 is 11.4. The Morgan fingerprint density at radius 1 is 1.19 bits per heavy atom. The first-order chi connectivity index (χ1) is 20.3. The molecule has 0 bridgehead atoms. The number of amides is 1. The monoisotopic (exact) mass is 571 g/mol. The number of carbonyl (C=O) groups excluding carboxylic acids is 1. The zero-order valence-corrected chi connectivity index (χ0v) is 24.5. The molecule has 1 fully saturated rings. The molecule has 6 rings (SSSR count). The zero-order chi connectivity index (χ0) is 29.3. The second-order valence-electron chi connectivity index (χ2n) is 11.9. The smallest absolute Gasteiger partial charge is 0.309 e. The molecule has 42 heavy (non-hydrogen) atoms. The Hall–Kier alpha value is -4.16. The number of aromatic nitrogens is 6. The molecule has 2 aliphatic rings. The van der Waals surface area contributed by atoms with Crippen molar-refractivity contribution in [1.29, 1.82) is 0 Å². The summed E-state index contributed by atoms with van der Waals surface area (Å²) in [6, 6.07) is 8.37. The minimum atomic E-state index is -0.368. The second-order valence-corrected chi connectivity index (χ2v) is 11.9. The normalized spacial score (nSPS) is 19.3. The standard InChI is InChI=1S/C30H37N9O3/c1-5-22-25(15-32-36-22)35-29-31-11-8-23(34-29)18-6-7-21-19(14-18)16-39(20-10-13-41-17-20)12-9-24(21)33-26(40)27-37-38-28(42-27)30(2,3)4/h6-8,11,14-15,20,24H,5,9-10,12-13,16-17H2,1-4H3,(H,32,36)(H,33,40)(H,31,34,35)/t20-,24-/m1/s1. The predicted octanol–water partition coefficient (Wildman–Crippen LogP) is 4.32. The first-order valence-electron chi connectivity index (χ1n) is 14.5. The summed E-state index contributed by atoms with van der Waals surface area (Å²) in [5.74, 6) is 0.548. The van der Waals surface area contributed by atoms with Crippen LogP contribution in [0.15, 0.2) is 41.1 Å². The summed E-state index contributed by atoms with van der Waals surface area (Å²) in [7, 11) is 0. The summed E-state index contributed by atoms with van der Waals surface area (Å²) in [4.78, 5) is 24.9. The largest absolute Gasteiger partial charge is 0.416 e. The van der Waals surface area contributed by atoms with Crippen LogP contribution in [-0.2, 0) is 23.1 Å². The van der Waals surface area contributed by atoms with Crippen LogP contribution in [0.4, 0.5) is 11.6 Å². The number of hydrogen-bond donors (Lipinski definition) is 3. The lowest BCUT2D eigenvalue weighted by atomic mass is 9.96. The predicted molar refractivity (Wildman–Crippen MR) is 156 cm³/mol. The third-order valence-corrected chi connectivity index (χ3v) is 7.84. The van der Waals surface area contributed by atoms with Crippen molar-refractivity contribution >= 4 is 17.5 Å². The van der Waals surface area contributed by atoms with Crippen molar-refractivity contribution in [2.24, 2.45) is 0 Å². The van der Waals surface area contributed by atoms with E-state index in [0.717, 1.165) is 79.3 Å². The SMILES string of the molecule is CCc1n[nH]cc1Nc1nccc(-c2ccc3c(c2)CN([C@@H]2CCOC2)CC[C@H]3NC(=O)c2nnc(C(C)(C)C)o2)n1. The molecule has 1 amide bonds. The van der Waals surface area contributed by atoms with Gasteiger partial charge in [0.2, 0.25) is 11.8 Å². The van der Waals surface area contributed by atoms with E-state index in [0.29, 0.717) is 17.9 Å². The molecule has 1 aromatic carbocycles. The number of nitrogens with one attached hydrogen (secondary N) is 3. The maximum absolute atomic E-state index is 13.2. The van der Waals surface area contributed by atoms with Crippen LogP contribution in [0.2, 0.25) is 0 Å². The van der Waals surface area contributed by atoms with Crippen LogP contribution in [0.1, 0.15) is 80.0 Å². The van der Waals surface area contributed by atoms with Gasteiger partial charge in [-0.05, 0) is 42.5 Å². The van der Waals surface area contributed by atoms with Crippen molar-refractivity contribution < 1.29 is 13.9 Å². The van der Waals surface area contributed by atoms with Gasteiger partial charge in [0.05, 0.1) is 29.7 Å². The van der Waals surface area contributed by atoms with Crippen molar-refractivity contribution in [3.63, 3.8) is 0 Å². The van der Waals surface area contributed by atoms with Gasteiger partial charge in [0.15, 0.2) is 0 Å². The number of anilines is 2.